The van der Waals surface area contributed by atoms with Crippen LogP contribution in [0.1, 0.15) is 100 Å². The highest BCUT2D eigenvalue weighted by atomic mass is 16.3. The highest BCUT2D eigenvalue weighted by Crippen LogP contribution is 2.71. The largest absolute Gasteiger partial charge is 0.393 e. The van der Waals surface area contributed by atoms with Crippen LogP contribution in [0, 0.1) is 39.4 Å². The zero-order valence-corrected chi connectivity index (χ0v) is 22.0. The average Bonchev–Trinajstić information content (AvgIpc) is 2.92. The van der Waals surface area contributed by atoms with Crippen LogP contribution < -0.4 is 0 Å². The molecule has 0 aromatic heterocycles. The Bertz CT molecular complexity index is 843. The molecule has 0 radical (unpaired) electrons. The maximum Gasteiger partial charge on any atom is 0.0642 e. The molecule has 2 nitrogen and oxygen atoms in total. The number of aliphatic hydroxyl groups excluding tert-OH is 2. The molecule has 0 heterocycles. The Morgan fingerprint density at radius 3 is 2.41 bits per heavy atom. The maximum atomic E-state index is 11.6. The molecule has 0 aromatic carbocycles. The van der Waals surface area contributed by atoms with Crippen molar-refractivity contribution in [1.29, 1.82) is 0 Å². The van der Waals surface area contributed by atoms with Gasteiger partial charge in [0.2, 0.25) is 0 Å². The van der Waals surface area contributed by atoms with Gasteiger partial charge in [-0.25, -0.2) is 0 Å². The van der Waals surface area contributed by atoms with Crippen molar-refractivity contribution < 1.29 is 10.2 Å². The van der Waals surface area contributed by atoms with Crippen molar-refractivity contribution in [2.24, 2.45) is 39.4 Å². The van der Waals surface area contributed by atoms with Crippen molar-refractivity contribution in [2.45, 2.75) is 113 Å². The Labute approximate surface area is 197 Å². The van der Waals surface area contributed by atoms with Gasteiger partial charge in [-0.1, -0.05) is 65.3 Å². The summed E-state index contributed by atoms with van der Waals surface area (Å²) >= 11 is 0. The fraction of sp³-hybridized carbons (Fsp3) is 0.800. The second kappa shape index (κ2) is 7.84. The van der Waals surface area contributed by atoms with Gasteiger partial charge in [-0.05, 0) is 104 Å². The molecule has 2 heteroatoms. The predicted octanol–water partition coefficient (Wildman–Crippen LogP) is 7.23. The molecule has 0 saturated heterocycles. The lowest BCUT2D eigenvalue weighted by molar-refractivity contribution is -0.0872. The van der Waals surface area contributed by atoms with E-state index in [2.05, 4.69) is 73.6 Å². The number of hydrogen-bond donors (Lipinski definition) is 2. The molecule has 180 valence electrons. The molecular weight excluding hydrogens is 392 g/mol. The molecule has 0 amide bonds. The fourth-order valence-corrected chi connectivity index (χ4v) is 8.77. The van der Waals surface area contributed by atoms with E-state index in [1.807, 2.05) is 0 Å². The summed E-state index contributed by atoms with van der Waals surface area (Å²) in [7, 11) is 0. The Hall–Kier alpha value is -0.860. The summed E-state index contributed by atoms with van der Waals surface area (Å²) in [6.07, 6.45) is 14.2. The van der Waals surface area contributed by atoms with Crippen molar-refractivity contribution in [3.8, 4) is 0 Å². The van der Waals surface area contributed by atoms with Crippen LogP contribution in [0.15, 0.2) is 34.9 Å². The van der Waals surface area contributed by atoms with Crippen molar-refractivity contribution in [3.63, 3.8) is 0 Å². The first-order valence-corrected chi connectivity index (χ1v) is 13.2. The lowest BCUT2D eigenvalue weighted by Crippen LogP contribution is -2.55. The molecule has 2 N–H and O–H groups in total. The van der Waals surface area contributed by atoms with E-state index in [9.17, 15) is 10.2 Å². The summed E-state index contributed by atoms with van der Waals surface area (Å²) in [6, 6.07) is 0. The third kappa shape index (κ3) is 3.18. The first-order valence-electron chi connectivity index (χ1n) is 13.2. The smallest absolute Gasteiger partial charge is 0.0642 e. The van der Waals surface area contributed by atoms with E-state index >= 15 is 0 Å². The zero-order valence-electron chi connectivity index (χ0n) is 22.0. The molecule has 32 heavy (non-hydrogen) atoms. The van der Waals surface area contributed by atoms with E-state index in [1.165, 1.54) is 23.1 Å². The quantitative estimate of drug-likeness (QED) is 0.453. The van der Waals surface area contributed by atoms with E-state index < -0.39 is 0 Å². The van der Waals surface area contributed by atoms with Crippen molar-refractivity contribution in [3.05, 3.63) is 34.9 Å². The molecule has 0 aromatic rings. The Balaban J connectivity index is 1.70. The Morgan fingerprint density at radius 1 is 1.06 bits per heavy atom. The van der Waals surface area contributed by atoms with Gasteiger partial charge in [0, 0.05) is 5.41 Å². The van der Waals surface area contributed by atoms with E-state index in [4.69, 9.17) is 0 Å². The summed E-state index contributed by atoms with van der Waals surface area (Å²) < 4.78 is 0. The van der Waals surface area contributed by atoms with Crippen LogP contribution >= 0.6 is 0 Å². The van der Waals surface area contributed by atoms with Gasteiger partial charge >= 0.3 is 0 Å². The normalized spacial score (nSPS) is 45.7. The van der Waals surface area contributed by atoms with Gasteiger partial charge in [0.25, 0.3) is 0 Å². The monoisotopic (exact) mass is 440 g/mol. The molecule has 0 bridgehead atoms. The first-order chi connectivity index (χ1) is 14.8. The SMILES string of the molecule is CC(C)=CCC[C@H](C)[C@H]1C[C@H](O)[C@@]2(C)C3=CC[C@H]4C(C)(C)[C@@H](O)CC[C@]4(C)C3=CC[C@]12C. The summed E-state index contributed by atoms with van der Waals surface area (Å²) in [5.74, 6) is 1.61. The lowest BCUT2D eigenvalue weighted by atomic mass is 9.44. The number of aliphatic hydroxyl groups is 2. The van der Waals surface area contributed by atoms with Gasteiger partial charge in [0.1, 0.15) is 0 Å². The Morgan fingerprint density at radius 2 is 1.75 bits per heavy atom. The van der Waals surface area contributed by atoms with Gasteiger partial charge in [0.15, 0.2) is 0 Å². The van der Waals surface area contributed by atoms with Crippen LogP contribution in [0.5, 0.6) is 0 Å². The maximum absolute atomic E-state index is 11.6. The Kier molecular flexibility index (Phi) is 5.95. The highest BCUT2D eigenvalue weighted by Gasteiger charge is 2.66. The molecule has 2 saturated carbocycles. The van der Waals surface area contributed by atoms with Crippen molar-refractivity contribution >= 4 is 0 Å². The summed E-state index contributed by atoms with van der Waals surface area (Å²) in [5, 5.41) is 22.4. The van der Waals surface area contributed by atoms with E-state index in [-0.39, 0.29) is 33.9 Å². The predicted molar refractivity (Wildman–Crippen MR) is 134 cm³/mol. The molecule has 4 aliphatic carbocycles. The molecule has 2 fully saturated rings. The summed E-state index contributed by atoms with van der Waals surface area (Å²) in [4.78, 5) is 0. The second-order valence-electron chi connectivity index (χ2n) is 13.3. The minimum absolute atomic E-state index is 0.0756. The highest BCUT2D eigenvalue weighted by molar-refractivity contribution is 5.50. The second-order valence-corrected chi connectivity index (χ2v) is 13.3. The molecular formula is C30H48O2. The fourth-order valence-electron chi connectivity index (χ4n) is 8.77. The molecule has 0 aliphatic heterocycles. The minimum Gasteiger partial charge on any atom is -0.393 e. The van der Waals surface area contributed by atoms with Gasteiger partial charge in [-0.3, -0.25) is 0 Å². The van der Waals surface area contributed by atoms with Gasteiger partial charge in [0.05, 0.1) is 12.2 Å². The van der Waals surface area contributed by atoms with Crippen LogP contribution in [-0.4, -0.2) is 22.4 Å². The number of allylic oxidation sites excluding steroid dienone is 5. The van der Waals surface area contributed by atoms with Crippen molar-refractivity contribution in [1.82, 2.24) is 0 Å². The molecule has 8 atom stereocenters. The van der Waals surface area contributed by atoms with Crippen LogP contribution in [0.2, 0.25) is 0 Å². The van der Waals surface area contributed by atoms with Gasteiger partial charge in [-0.15, -0.1) is 0 Å². The molecule has 4 rings (SSSR count). The molecule has 0 unspecified atom stereocenters. The lowest BCUT2D eigenvalue weighted by Gasteiger charge is -2.61. The average molecular weight is 441 g/mol. The van der Waals surface area contributed by atoms with E-state index in [0.717, 1.165) is 38.5 Å². The van der Waals surface area contributed by atoms with Crippen LogP contribution in [0.25, 0.3) is 0 Å². The number of hydrogen-bond acceptors (Lipinski definition) is 2. The van der Waals surface area contributed by atoms with Gasteiger partial charge < -0.3 is 10.2 Å². The number of fused-ring (bicyclic) bond motifs is 5. The summed E-state index contributed by atoms with van der Waals surface area (Å²) in [5.41, 5.74) is 4.30. The van der Waals surface area contributed by atoms with Crippen molar-refractivity contribution in [2.75, 3.05) is 0 Å². The third-order valence-corrected chi connectivity index (χ3v) is 11.2. The van der Waals surface area contributed by atoms with E-state index in [0.29, 0.717) is 17.8 Å². The van der Waals surface area contributed by atoms with E-state index in [1.54, 1.807) is 0 Å². The first kappa shape index (κ1) is 24.3. The molecule has 0 spiro atoms. The third-order valence-electron chi connectivity index (χ3n) is 11.2. The standard InChI is InChI=1S/C30H48O2/c1-19(2)10-9-11-20(3)23-18-26(32)30(8)22-12-13-24-27(4,5)25(31)15-16-28(24,6)21(22)14-17-29(23,30)7/h10,12,14,20,23-26,31-32H,9,11,13,15-18H2,1-8H3/t20-,23+,24-,25-,26-,28+,29+,30+/m0/s1. The zero-order chi connectivity index (χ0) is 23.7. The topological polar surface area (TPSA) is 40.5 Å². The van der Waals surface area contributed by atoms with Crippen LogP contribution in [0.4, 0.5) is 0 Å². The van der Waals surface area contributed by atoms with Gasteiger partial charge in [-0.2, -0.15) is 0 Å². The minimum atomic E-state index is -0.277. The molecule has 4 aliphatic rings. The van der Waals surface area contributed by atoms with Crippen LogP contribution in [0.3, 0.4) is 0 Å². The van der Waals surface area contributed by atoms with Crippen LogP contribution in [-0.2, 0) is 0 Å². The number of rotatable bonds is 4. The summed E-state index contributed by atoms with van der Waals surface area (Å²) in [6.45, 7) is 18.6.